The number of nitrogens with zero attached hydrogens (tertiary/aromatic N) is 1. The van der Waals surface area contributed by atoms with Gasteiger partial charge < -0.3 is 15.6 Å². The van der Waals surface area contributed by atoms with Gasteiger partial charge in [-0.05, 0) is 36.5 Å². The van der Waals surface area contributed by atoms with Crippen LogP contribution in [0.15, 0.2) is 18.2 Å². The molecule has 0 atom stereocenters. The standard InChI is InChI=1S/C16H26N2O2/c1-13-10-14(11-17)2-3-15(13)12-18-6-4-16(5-7-18)20-9-8-19/h2-3,10,16,19H,4-9,11-12,17H2,1H3. The van der Waals surface area contributed by atoms with Crippen molar-refractivity contribution in [2.24, 2.45) is 5.73 Å². The van der Waals surface area contributed by atoms with Crippen molar-refractivity contribution >= 4 is 0 Å². The zero-order chi connectivity index (χ0) is 14.4. The van der Waals surface area contributed by atoms with E-state index in [-0.39, 0.29) is 6.61 Å². The molecule has 0 aromatic heterocycles. The summed E-state index contributed by atoms with van der Waals surface area (Å²) in [5, 5.41) is 8.77. The fraction of sp³-hybridized carbons (Fsp3) is 0.625. The number of piperidine rings is 1. The van der Waals surface area contributed by atoms with E-state index >= 15 is 0 Å². The molecule has 3 N–H and O–H groups in total. The van der Waals surface area contributed by atoms with Gasteiger partial charge in [-0.1, -0.05) is 18.2 Å². The van der Waals surface area contributed by atoms with E-state index < -0.39 is 0 Å². The molecule has 0 radical (unpaired) electrons. The van der Waals surface area contributed by atoms with Gasteiger partial charge in [0.15, 0.2) is 0 Å². The summed E-state index contributed by atoms with van der Waals surface area (Å²) in [5.41, 5.74) is 9.57. The first-order chi connectivity index (χ1) is 9.72. The third-order valence-electron chi connectivity index (χ3n) is 4.02. The van der Waals surface area contributed by atoms with Gasteiger partial charge in [-0.2, -0.15) is 0 Å². The van der Waals surface area contributed by atoms with E-state index in [1.54, 1.807) is 0 Å². The first-order valence-corrected chi connectivity index (χ1v) is 7.46. The maximum absolute atomic E-state index is 8.77. The molecule has 4 nitrogen and oxygen atoms in total. The van der Waals surface area contributed by atoms with Gasteiger partial charge >= 0.3 is 0 Å². The zero-order valence-electron chi connectivity index (χ0n) is 12.3. The molecule has 4 heteroatoms. The Bertz CT molecular complexity index is 415. The minimum atomic E-state index is 0.118. The first kappa shape index (κ1) is 15.4. The number of ether oxygens (including phenoxy) is 1. The maximum Gasteiger partial charge on any atom is 0.0701 e. The highest BCUT2D eigenvalue weighted by molar-refractivity contribution is 5.31. The monoisotopic (exact) mass is 278 g/mol. The van der Waals surface area contributed by atoms with Crippen molar-refractivity contribution in [1.82, 2.24) is 4.90 Å². The molecule has 1 heterocycles. The second-order valence-corrected chi connectivity index (χ2v) is 5.53. The highest BCUT2D eigenvalue weighted by Crippen LogP contribution is 2.18. The molecule has 0 saturated carbocycles. The molecule has 1 aromatic rings. The third kappa shape index (κ3) is 4.28. The largest absolute Gasteiger partial charge is 0.394 e. The van der Waals surface area contributed by atoms with E-state index in [1.165, 1.54) is 16.7 Å². The van der Waals surface area contributed by atoms with Crippen LogP contribution < -0.4 is 5.73 Å². The number of benzene rings is 1. The molecule has 20 heavy (non-hydrogen) atoms. The highest BCUT2D eigenvalue weighted by Gasteiger charge is 2.19. The number of nitrogens with two attached hydrogens (primary N) is 1. The summed E-state index contributed by atoms with van der Waals surface area (Å²) in [6, 6.07) is 6.51. The van der Waals surface area contributed by atoms with Crippen LogP contribution in [0.2, 0.25) is 0 Å². The van der Waals surface area contributed by atoms with Crippen molar-refractivity contribution in [3.8, 4) is 0 Å². The molecule has 1 fully saturated rings. The molecule has 0 spiro atoms. The smallest absolute Gasteiger partial charge is 0.0701 e. The van der Waals surface area contributed by atoms with Crippen molar-refractivity contribution in [2.75, 3.05) is 26.3 Å². The highest BCUT2D eigenvalue weighted by atomic mass is 16.5. The number of aryl methyl sites for hydroxylation is 1. The minimum Gasteiger partial charge on any atom is -0.394 e. The minimum absolute atomic E-state index is 0.118. The number of hydrogen-bond acceptors (Lipinski definition) is 4. The van der Waals surface area contributed by atoms with Gasteiger partial charge in [0.1, 0.15) is 0 Å². The van der Waals surface area contributed by atoms with E-state index in [4.69, 9.17) is 15.6 Å². The number of aliphatic hydroxyl groups excluding tert-OH is 1. The summed E-state index contributed by atoms with van der Waals surface area (Å²) >= 11 is 0. The Morgan fingerprint density at radius 1 is 1.35 bits per heavy atom. The van der Waals surface area contributed by atoms with E-state index in [2.05, 4.69) is 30.0 Å². The quantitative estimate of drug-likeness (QED) is 0.826. The van der Waals surface area contributed by atoms with Crippen LogP contribution in [0, 0.1) is 6.92 Å². The molecular formula is C16H26N2O2. The van der Waals surface area contributed by atoms with Crippen molar-refractivity contribution in [1.29, 1.82) is 0 Å². The third-order valence-corrected chi connectivity index (χ3v) is 4.02. The number of likely N-dealkylation sites (tertiary alicyclic amines) is 1. The molecule has 0 unspecified atom stereocenters. The Kier molecular flexibility index (Phi) is 5.98. The van der Waals surface area contributed by atoms with Gasteiger partial charge in [0, 0.05) is 26.2 Å². The van der Waals surface area contributed by atoms with Crippen LogP contribution in [-0.2, 0) is 17.8 Å². The summed E-state index contributed by atoms with van der Waals surface area (Å²) in [7, 11) is 0. The average Bonchev–Trinajstić information content (AvgIpc) is 2.48. The van der Waals surface area contributed by atoms with Crippen LogP contribution in [0.4, 0.5) is 0 Å². The van der Waals surface area contributed by atoms with Gasteiger partial charge in [0.2, 0.25) is 0 Å². The van der Waals surface area contributed by atoms with E-state index in [1.807, 2.05) is 0 Å². The molecule has 1 saturated heterocycles. The number of hydrogen-bond donors (Lipinski definition) is 2. The second-order valence-electron chi connectivity index (χ2n) is 5.53. The van der Waals surface area contributed by atoms with Crippen molar-refractivity contribution < 1.29 is 9.84 Å². The molecule has 0 bridgehead atoms. The molecule has 0 amide bonds. The predicted molar refractivity (Wildman–Crippen MR) is 80.4 cm³/mol. The average molecular weight is 278 g/mol. The van der Waals surface area contributed by atoms with Crippen LogP contribution in [0.3, 0.4) is 0 Å². The van der Waals surface area contributed by atoms with Crippen molar-refractivity contribution in [3.63, 3.8) is 0 Å². The van der Waals surface area contributed by atoms with Gasteiger partial charge in [-0.25, -0.2) is 0 Å². The summed E-state index contributed by atoms with van der Waals surface area (Å²) in [5.74, 6) is 0. The molecule has 1 aliphatic rings. The Morgan fingerprint density at radius 2 is 2.10 bits per heavy atom. The van der Waals surface area contributed by atoms with Crippen LogP contribution in [0.5, 0.6) is 0 Å². The predicted octanol–water partition coefficient (Wildman–Crippen LogP) is 1.43. The van der Waals surface area contributed by atoms with Gasteiger partial charge in [0.05, 0.1) is 19.3 Å². The lowest BCUT2D eigenvalue weighted by molar-refractivity contribution is -0.00903. The molecule has 1 aliphatic heterocycles. The molecular weight excluding hydrogens is 252 g/mol. The first-order valence-electron chi connectivity index (χ1n) is 7.46. The van der Waals surface area contributed by atoms with E-state index in [0.29, 0.717) is 19.3 Å². The number of aliphatic hydroxyl groups is 1. The van der Waals surface area contributed by atoms with Crippen LogP contribution >= 0.6 is 0 Å². The van der Waals surface area contributed by atoms with Crippen LogP contribution in [0.1, 0.15) is 29.5 Å². The number of rotatable bonds is 6. The molecule has 0 aliphatic carbocycles. The van der Waals surface area contributed by atoms with Crippen LogP contribution in [0.25, 0.3) is 0 Å². The molecule has 2 rings (SSSR count). The Morgan fingerprint density at radius 3 is 2.70 bits per heavy atom. The summed E-state index contributed by atoms with van der Waals surface area (Å²) in [6.07, 6.45) is 2.43. The van der Waals surface area contributed by atoms with E-state index in [0.717, 1.165) is 32.5 Å². The van der Waals surface area contributed by atoms with Gasteiger partial charge in [0.25, 0.3) is 0 Å². The van der Waals surface area contributed by atoms with Gasteiger partial charge in [-0.3, -0.25) is 4.90 Å². The normalized spacial score (nSPS) is 17.6. The Labute approximate surface area is 121 Å². The van der Waals surface area contributed by atoms with Gasteiger partial charge in [-0.15, -0.1) is 0 Å². The summed E-state index contributed by atoms with van der Waals surface area (Å²) < 4.78 is 5.59. The maximum atomic E-state index is 8.77. The molecule has 112 valence electrons. The summed E-state index contributed by atoms with van der Waals surface area (Å²) in [4.78, 5) is 2.48. The van der Waals surface area contributed by atoms with E-state index in [9.17, 15) is 0 Å². The van der Waals surface area contributed by atoms with Crippen molar-refractivity contribution in [3.05, 3.63) is 34.9 Å². The lowest BCUT2D eigenvalue weighted by Crippen LogP contribution is -2.37. The lowest BCUT2D eigenvalue weighted by atomic mass is 10.0. The second kappa shape index (κ2) is 7.74. The van der Waals surface area contributed by atoms with Crippen molar-refractivity contribution in [2.45, 2.75) is 39.0 Å². The Hall–Kier alpha value is -0.940. The fourth-order valence-electron chi connectivity index (χ4n) is 2.76. The SMILES string of the molecule is Cc1cc(CN)ccc1CN1CCC(OCCO)CC1. The summed E-state index contributed by atoms with van der Waals surface area (Å²) in [6.45, 7) is 6.48. The Balaban J connectivity index is 1.83. The fourth-order valence-corrected chi connectivity index (χ4v) is 2.76. The van der Waals surface area contributed by atoms with Crippen LogP contribution in [-0.4, -0.2) is 42.4 Å². The lowest BCUT2D eigenvalue weighted by Gasteiger charge is -2.32. The molecule has 1 aromatic carbocycles. The zero-order valence-corrected chi connectivity index (χ0v) is 12.3. The topological polar surface area (TPSA) is 58.7 Å².